The van der Waals surface area contributed by atoms with Gasteiger partial charge in [0.05, 0.1) is 46.2 Å². The van der Waals surface area contributed by atoms with Gasteiger partial charge in [-0.2, -0.15) is 0 Å². The molecule has 2 heterocycles. The Hall–Kier alpha value is -5.22. The van der Waals surface area contributed by atoms with Crippen molar-refractivity contribution in [2.24, 2.45) is 0 Å². The molecule has 2 fully saturated rings. The number of thioether (sulfide) groups is 1. The minimum absolute atomic E-state index is 0.129. The van der Waals surface area contributed by atoms with E-state index in [1.807, 2.05) is 188 Å². The molecule has 6 aromatic carbocycles. The predicted octanol–water partition coefficient (Wildman–Crippen LogP) is 9.89. The first-order chi connectivity index (χ1) is 34.0. The minimum atomic E-state index is -1.11. The van der Waals surface area contributed by atoms with Crippen LogP contribution in [-0.4, -0.2) is 86.0 Å². The molecule has 69 heavy (non-hydrogen) atoms. The van der Waals surface area contributed by atoms with Crippen LogP contribution < -0.4 is 0 Å². The molecule has 6 aromatic rings. The van der Waals surface area contributed by atoms with Crippen LogP contribution in [0.3, 0.4) is 0 Å². The highest BCUT2D eigenvalue weighted by atomic mass is 32.2. The van der Waals surface area contributed by atoms with Crippen LogP contribution in [0.1, 0.15) is 40.3 Å². The molecule has 2 aliphatic heterocycles. The SMILES string of the molecule is CS[C@@H]1OC(COCc2ccccc2)[C@H](OCc2ccccc2)[C@H](OCc2ccccc2)C1O[C@@H]1OC(COC(C)=O)[C@H](OCc2ccccc2)[C@H](OCc2ccccc2)C1OCc1ccccc1. The molecule has 0 amide bonds. The summed E-state index contributed by atoms with van der Waals surface area (Å²) in [7, 11) is 0. The number of benzene rings is 6. The Morgan fingerprint density at radius 3 is 1.13 bits per heavy atom. The molecule has 0 bridgehead atoms. The lowest BCUT2D eigenvalue weighted by atomic mass is 9.96. The van der Waals surface area contributed by atoms with Crippen LogP contribution in [0.4, 0.5) is 0 Å². The zero-order valence-corrected chi connectivity index (χ0v) is 40.0. The van der Waals surface area contributed by atoms with Gasteiger partial charge >= 0.3 is 5.97 Å². The summed E-state index contributed by atoms with van der Waals surface area (Å²) in [6.07, 6.45) is -5.15. The lowest BCUT2D eigenvalue weighted by Crippen LogP contribution is -2.65. The van der Waals surface area contributed by atoms with Gasteiger partial charge in [-0.3, -0.25) is 4.79 Å². The summed E-state index contributed by atoms with van der Waals surface area (Å²) in [6, 6.07) is 59.9. The van der Waals surface area contributed by atoms with E-state index >= 15 is 0 Å². The zero-order chi connectivity index (χ0) is 47.5. The van der Waals surface area contributed by atoms with Gasteiger partial charge in [-0.15, -0.1) is 11.8 Å². The maximum absolute atomic E-state index is 12.5. The number of carbonyl (C=O) groups is 1. The van der Waals surface area contributed by atoms with Crippen molar-refractivity contribution in [3.63, 3.8) is 0 Å². The molecule has 0 saturated carbocycles. The Balaban J connectivity index is 1.17. The number of carbonyl (C=O) groups excluding carboxylic acids is 1. The molecule has 0 spiro atoms. The van der Waals surface area contributed by atoms with Crippen molar-refractivity contribution in [2.75, 3.05) is 19.5 Å². The van der Waals surface area contributed by atoms with Crippen LogP contribution in [0.2, 0.25) is 0 Å². The van der Waals surface area contributed by atoms with Crippen LogP contribution in [0.5, 0.6) is 0 Å². The average molecular weight is 955 g/mol. The van der Waals surface area contributed by atoms with Gasteiger partial charge in [-0.25, -0.2) is 0 Å². The van der Waals surface area contributed by atoms with Crippen LogP contribution in [0, 0.1) is 0 Å². The third-order valence-corrected chi connectivity index (χ3v) is 12.8. The average Bonchev–Trinajstić information content (AvgIpc) is 3.40. The molecule has 0 aliphatic carbocycles. The second-order valence-electron chi connectivity index (χ2n) is 17.0. The predicted molar refractivity (Wildman–Crippen MR) is 264 cm³/mol. The van der Waals surface area contributed by atoms with Gasteiger partial charge in [0.1, 0.15) is 60.9 Å². The Morgan fingerprint density at radius 1 is 0.420 bits per heavy atom. The first kappa shape index (κ1) is 50.2. The maximum Gasteiger partial charge on any atom is 0.302 e. The molecule has 362 valence electrons. The quantitative estimate of drug-likeness (QED) is 0.0539. The van der Waals surface area contributed by atoms with Gasteiger partial charge in [0, 0.05) is 6.92 Å². The van der Waals surface area contributed by atoms with E-state index in [4.69, 9.17) is 47.4 Å². The van der Waals surface area contributed by atoms with Crippen LogP contribution in [0.15, 0.2) is 182 Å². The maximum atomic E-state index is 12.5. The fourth-order valence-corrected chi connectivity index (χ4v) is 9.22. The first-order valence-corrected chi connectivity index (χ1v) is 24.8. The standard InChI is InChI=1S/C57H62O11S/c1-41(58)60-40-49-51(62-35-44-25-13-5-14-26-44)52(63-36-45-27-15-6-16-28-45)54(65-38-47-31-19-8-20-32-47)56(66-49)68-55-53(64-37-46-29-17-7-18-30-46)50(61-34-43-23-11-4-12-24-43)48(67-57(55)69-2)39-59-33-42-21-9-3-10-22-42/h3-32,48-57H,33-40H2,1-2H3/t48?,49?,50-,51-,52-,53-,54?,55?,56-,57-/m0/s1. The molecule has 12 heteroatoms. The number of esters is 1. The molecule has 0 radical (unpaired) electrons. The fourth-order valence-electron chi connectivity index (χ4n) is 8.48. The Bertz CT molecular complexity index is 2350. The van der Waals surface area contributed by atoms with Crippen molar-refractivity contribution in [1.29, 1.82) is 0 Å². The minimum Gasteiger partial charge on any atom is -0.463 e. The summed E-state index contributed by atoms with van der Waals surface area (Å²) in [5.74, 6) is -0.460. The van der Waals surface area contributed by atoms with Gasteiger partial charge in [0.2, 0.25) is 0 Å². The summed E-state index contributed by atoms with van der Waals surface area (Å²) in [4.78, 5) is 12.5. The van der Waals surface area contributed by atoms with Crippen molar-refractivity contribution >= 4 is 17.7 Å². The van der Waals surface area contributed by atoms with Crippen LogP contribution in [0.25, 0.3) is 0 Å². The van der Waals surface area contributed by atoms with E-state index in [0.717, 1.165) is 33.4 Å². The van der Waals surface area contributed by atoms with Crippen LogP contribution >= 0.6 is 11.8 Å². The molecular formula is C57H62O11S. The summed E-state index contributed by atoms with van der Waals surface area (Å²) >= 11 is 1.50. The highest BCUT2D eigenvalue weighted by molar-refractivity contribution is 7.99. The Labute approximate surface area is 410 Å². The van der Waals surface area contributed by atoms with Crippen molar-refractivity contribution in [3.8, 4) is 0 Å². The largest absolute Gasteiger partial charge is 0.463 e. The second-order valence-corrected chi connectivity index (χ2v) is 18.0. The molecule has 2 aliphatic rings. The van der Waals surface area contributed by atoms with Crippen molar-refractivity contribution in [3.05, 3.63) is 215 Å². The fraction of sp³-hybridized carbons (Fsp3) is 0.351. The number of hydrogen-bond acceptors (Lipinski definition) is 12. The van der Waals surface area contributed by atoms with Gasteiger partial charge in [-0.1, -0.05) is 182 Å². The molecule has 0 N–H and O–H groups in total. The van der Waals surface area contributed by atoms with Crippen molar-refractivity contribution in [1.82, 2.24) is 0 Å². The summed E-state index contributed by atoms with van der Waals surface area (Å²) in [5.41, 5.74) is 5.28. The third-order valence-electron chi connectivity index (χ3n) is 12.0. The first-order valence-electron chi connectivity index (χ1n) is 23.5. The monoisotopic (exact) mass is 954 g/mol. The van der Waals surface area contributed by atoms with E-state index in [2.05, 4.69) is 0 Å². The highest BCUT2D eigenvalue weighted by Gasteiger charge is 2.54. The van der Waals surface area contributed by atoms with Gasteiger partial charge < -0.3 is 47.4 Å². The van der Waals surface area contributed by atoms with Gasteiger partial charge in [0.25, 0.3) is 0 Å². The van der Waals surface area contributed by atoms with Crippen molar-refractivity contribution in [2.45, 2.75) is 107 Å². The molecule has 11 nitrogen and oxygen atoms in total. The smallest absolute Gasteiger partial charge is 0.302 e. The van der Waals surface area contributed by atoms with Gasteiger partial charge in [-0.05, 0) is 39.6 Å². The highest BCUT2D eigenvalue weighted by Crippen LogP contribution is 2.38. The molecular weight excluding hydrogens is 893 g/mol. The van der Waals surface area contributed by atoms with E-state index in [1.54, 1.807) is 0 Å². The lowest BCUT2D eigenvalue weighted by molar-refractivity contribution is -0.356. The molecule has 10 atom stereocenters. The summed E-state index contributed by atoms with van der Waals surface area (Å²) < 4.78 is 68.2. The number of ether oxygens (including phenoxy) is 10. The molecule has 4 unspecified atom stereocenters. The zero-order valence-electron chi connectivity index (χ0n) is 39.1. The van der Waals surface area contributed by atoms with E-state index in [-0.39, 0.29) is 46.2 Å². The van der Waals surface area contributed by atoms with E-state index < -0.39 is 66.5 Å². The summed E-state index contributed by atoms with van der Waals surface area (Å²) in [6.45, 7) is 3.10. The normalized spacial score (nSPS) is 24.7. The number of hydrogen-bond donors (Lipinski definition) is 0. The van der Waals surface area contributed by atoms with E-state index in [1.165, 1.54) is 18.7 Å². The van der Waals surface area contributed by atoms with Crippen LogP contribution in [-0.2, 0) is 91.8 Å². The third kappa shape index (κ3) is 14.9. The second kappa shape index (κ2) is 26.7. The molecule has 2 saturated heterocycles. The Morgan fingerprint density at radius 2 is 0.754 bits per heavy atom. The summed E-state index contributed by atoms with van der Waals surface area (Å²) in [5, 5.41) is 0. The van der Waals surface area contributed by atoms with Crippen molar-refractivity contribution < 1.29 is 52.2 Å². The van der Waals surface area contributed by atoms with Gasteiger partial charge in [0.15, 0.2) is 6.29 Å². The molecule has 8 rings (SSSR count). The lowest BCUT2D eigenvalue weighted by Gasteiger charge is -2.50. The topological polar surface area (TPSA) is 109 Å². The van der Waals surface area contributed by atoms with E-state index in [0.29, 0.717) is 6.61 Å². The number of rotatable bonds is 24. The molecule has 0 aromatic heterocycles. The van der Waals surface area contributed by atoms with E-state index in [9.17, 15) is 4.79 Å². The Kier molecular flexibility index (Phi) is 19.4.